The van der Waals surface area contributed by atoms with Crippen molar-refractivity contribution in [3.8, 4) is 22.8 Å². The molecule has 5 nitrogen and oxygen atoms in total. The summed E-state index contributed by atoms with van der Waals surface area (Å²) in [5, 5.41) is 0.616. The molecule has 1 aliphatic rings. The predicted octanol–water partition coefficient (Wildman–Crippen LogP) is 4.54. The molecule has 0 amide bonds. The largest absolute Gasteiger partial charge is 0.456 e. The lowest BCUT2D eigenvalue weighted by molar-refractivity contribution is 0.103. The summed E-state index contributed by atoms with van der Waals surface area (Å²) in [6.45, 7) is 3.99. The predicted molar refractivity (Wildman–Crippen MR) is 107 cm³/mol. The maximum Gasteiger partial charge on any atom is 0.345 e. The van der Waals surface area contributed by atoms with Crippen molar-refractivity contribution in [1.82, 2.24) is 9.97 Å². The lowest BCUT2D eigenvalue weighted by atomic mass is 9.86. The third-order valence-corrected chi connectivity index (χ3v) is 5.07. The van der Waals surface area contributed by atoms with Crippen LogP contribution in [0.4, 0.5) is 0 Å². The molecule has 28 heavy (non-hydrogen) atoms. The molecule has 1 aromatic heterocycles. The van der Waals surface area contributed by atoms with Gasteiger partial charge in [-0.05, 0) is 37.6 Å². The normalized spacial score (nSPS) is 12.1. The molecule has 4 aromatic rings. The number of ketones is 1. The van der Waals surface area contributed by atoms with Gasteiger partial charge in [-0.1, -0.05) is 42.0 Å². The van der Waals surface area contributed by atoms with E-state index >= 15 is 0 Å². The van der Waals surface area contributed by atoms with E-state index in [4.69, 9.17) is 4.74 Å². The number of hydrogen-bond acceptors (Lipinski definition) is 4. The molecule has 0 atom stereocenters. The second-order valence-corrected chi connectivity index (χ2v) is 7.00. The molecule has 0 saturated carbocycles. The van der Waals surface area contributed by atoms with Crippen LogP contribution in [-0.4, -0.2) is 15.8 Å². The van der Waals surface area contributed by atoms with Gasteiger partial charge in [0, 0.05) is 16.5 Å². The third-order valence-electron chi connectivity index (χ3n) is 5.07. The fourth-order valence-corrected chi connectivity index (χ4v) is 3.80. The first-order valence-electron chi connectivity index (χ1n) is 8.99. The first-order chi connectivity index (χ1) is 13.5. The van der Waals surface area contributed by atoms with Gasteiger partial charge in [0.2, 0.25) is 0 Å². The van der Waals surface area contributed by atoms with Crippen molar-refractivity contribution in [2.45, 2.75) is 13.8 Å². The van der Waals surface area contributed by atoms with Crippen LogP contribution in [0.2, 0.25) is 0 Å². The van der Waals surface area contributed by atoms with Gasteiger partial charge < -0.3 is 9.72 Å². The maximum atomic E-state index is 13.3. The minimum Gasteiger partial charge on any atom is -0.456 e. The number of aromatic nitrogens is 2. The number of benzene rings is 3. The van der Waals surface area contributed by atoms with Gasteiger partial charge in [-0.2, -0.15) is 4.98 Å². The van der Waals surface area contributed by atoms with E-state index in [1.807, 2.05) is 50.2 Å². The summed E-state index contributed by atoms with van der Waals surface area (Å²) >= 11 is 0. The first kappa shape index (κ1) is 16.4. The number of aromatic amines is 1. The van der Waals surface area contributed by atoms with E-state index in [9.17, 15) is 9.59 Å². The van der Waals surface area contributed by atoms with Crippen LogP contribution in [0.5, 0.6) is 11.5 Å². The summed E-state index contributed by atoms with van der Waals surface area (Å²) in [7, 11) is 0. The van der Waals surface area contributed by atoms with Crippen LogP contribution in [0.1, 0.15) is 27.0 Å². The van der Waals surface area contributed by atoms with E-state index in [2.05, 4.69) is 9.97 Å². The Hall–Kier alpha value is -3.73. The molecular weight excluding hydrogens is 352 g/mol. The van der Waals surface area contributed by atoms with E-state index in [-0.39, 0.29) is 5.78 Å². The van der Waals surface area contributed by atoms with Crippen LogP contribution in [0.3, 0.4) is 0 Å². The van der Waals surface area contributed by atoms with E-state index < -0.39 is 5.69 Å². The Bertz CT molecular complexity index is 1350. The molecule has 0 spiro atoms. The molecule has 0 unspecified atom stereocenters. The summed E-state index contributed by atoms with van der Waals surface area (Å²) in [5.41, 5.74) is 4.42. The number of fused-ring (bicyclic) bond motifs is 2. The van der Waals surface area contributed by atoms with Crippen molar-refractivity contribution in [2.75, 3.05) is 0 Å². The maximum absolute atomic E-state index is 13.3. The lowest BCUT2D eigenvalue weighted by Crippen LogP contribution is -2.18. The van der Waals surface area contributed by atoms with Crippen molar-refractivity contribution in [2.24, 2.45) is 0 Å². The number of carbonyl (C=O) groups excluding carboxylic acids is 1. The monoisotopic (exact) mass is 368 g/mol. The summed E-state index contributed by atoms with van der Waals surface area (Å²) in [6.07, 6.45) is 0. The lowest BCUT2D eigenvalue weighted by Gasteiger charge is -2.21. The molecule has 136 valence electrons. The van der Waals surface area contributed by atoms with Crippen LogP contribution in [0.25, 0.3) is 22.2 Å². The van der Waals surface area contributed by atoms with Crippen molar-refractivity contribution >= 4 is 16.7 Å². The highest BCUT2D eigenvalue weighted by molar-refractivity contribution is 6.26. The van der Waals surface area contributed by atoms with Gasteiger partial charge in [-0.3, -0.25) is 4.79 Å². The quantitative estimate of drug-likeness (QED) is 0.496. The highest BCUT2D eigenvalue weighted by Gasteiger charge is 2.29. The van der Waals surface area contributed by atoms with Gasteiger partial charge >= 0.3 is 5.69 Å². The van der Waals surface area contributed by atoms with Crippen molar-refractivity contribution in [1.29, 1.82) is 0 Å². The number of ether oxygens (including phenoxy) is 1. The molecular formula is C23H16N2O3. The Morgan fingerprint density at radius 3 is 2.43 bits per heavy atom. The first-order valence-corrected chi connectivity index (χ1v) is 8.99. The second kappa shape index (κ2) is 5.89. The van der Waals surface area contributed by atoms with E-state index in [1.165, 1.54) is 0 Å². The summed E-state index contributed by atoms with van der Waals surface area (Å²) < 4.78 is 6.16. The van der Waals surface area contributed by atoms with Gasteiger partial charge in [0.1, 0.15) is 11.5 Å². The number of H-pyrrole nitrogens is 1. The summed E-state index contributed by atoms with van der Waals surface area (Å²) in [6, 6.07) is 16.6. The van der Waals surface area contributed by atoms with Crippen molar-refractivity contribution < 1.29 is 9.53 Å². The molecule has 0 bridgehead atoms. The Morgan fingerprint density at radius 2 is 1.64 bits per heavy atom. The summed E-state index contributed by atoms with van der Waals surface area (Å²) in [4.78, 5) is 32.2. The second-order valence-electron chi connectivity index (χ2n) is 7.00. The third kappa shape index (κ3) is 2.36. The number of rotatable bonds is 2. The Balaban J connectivity index is 1.81. The molecule has 1 heterocycles. The number of aryl methyl sites for hydroxylation is 2. The van der Waals surface area contributed by atoms with Gasteiger partial charge in [0.05, 0.1) is 16.8 Å². The van der Waals surface area contributed by atoms with Crippen molar-refractivity contribution in [3.63, 3.8) is 0 Å². The Kier molecular flexibility index (Phi) is 3.46. The molecule has 1 aliphatic carbocycles. The molecule has 3 aromatic carbocycles. The van der Waals surface area contributed by atoms with Crippen LogP contribution in [-0.2, 0) is 0 Å². The van der Waals surface area contributed by atoms with E-state index in [0.717, 1.165) is 11.1 Å². The van der Waals surface area contributed by atoms with Crippen LogP contribution in [0, 0.1) is 13.8 Å². The Labute approximate surface area is 160 Å². The zero-order chi connectivity index (χ0) is 19.4. The number of nitrogens with zero attached hydrogens (tertiary/aromatic N) is 1. The molecule has 0 aliphatic heterocycles. The zero-order valence-corrected chi connectivity index (χ0v) is 15.4. The van der Waals surface area contributed by atoms with E-state index in [0.29, 0.717) is 44.8 Å². The molecule has 1 N–H and O–H groups in total. The molecule has 5 rings (SSSR count). The fourth-order valence-electron chi connectivity index (χ4n) is 3.80. The average Bonchev–Trinajstić information content (AvgIpc) is 2.68. The molecule has 0 fully saturated rings. The van der Waals surface area contributed by atoms with Gasteiger partial charge in [0.25, 0.3) is 0 Å². The number of carbonyl (C=O) groups is 1. The van der Waals surface area contributed by atoms with Gasteiger partial charge in [-0.15, -0.1) is 0 Å². The number of hydrogen-bond donors (Lipinski definition) is 1. The Morgan fingerprint density at radius 1 is 0.893 bits per heavy atom. The topological polar surface area (TPSA) is 72.0 Å². The number of nitrogens with one attached hydrogen (secondary N) is 1. The standard InChI is InChI=1S/C23H16N2O3/c1-12-7-9-17(13(2)11-12)28-18-10-8-16-19-20(18)22(26)15-6-4-3-5-14(15)21(19)25-23(27)24-16/h3-11H,1-2H3,(H,24,25,27). The van der Waals surface area contributed by atoms with Crippen LogP contribution < -0.4 is 10.4 Å². The van der Waals surface area contributed by atoms with Crippen LogP contribution in [0.15, 0.2) is 59.4 Å². The fraction of sp³-hybridized carbons (Fsp3) is 0.0870. The van der Waals surface area contributed by atoms with Gasteiger partial charge in [0.15, 0.2) is 5.78 Å². The minimum atomic E-state index is -0.444. The minimum absolute atomic E-state index is 0.137. The highest BCUT2D eigenvalue weighted by Crippen LogP contribution is 2.42. The van der Waals surface area contributed by atoms with Gasteiger partial charge in [-0.25, -0.2) is 4.79 Å². The molecule has 0 radical (unpaired) electrons. The molecule has 0 saturated heterocycles. The SMILES string of the molecule is Cc1ccc(Oc2ccc3nc(=O)[nH]c4c3c2C(=O)c2ccccc2-4)c(C)c1. The van der Waals surface area contributed by atoms with Crippen molar-refractivity contribution in [3.05, 3.63) is 87.3 Å². The average molecular weight is 368 g/mol. The van der Waals surface area contributed by atoms with E-state index in [1.54, 1.807) is 18.2 Å². The summed E-state index contributed by atoms with van der Waals surface area (Å²) in [5.74, 6) is 1.00. The van der Waals surface area contributed by atoms with Crippen LogP contribution >= 0.6 is 0 Å². The highest BCUT2D eigenvalue weighted by atomic mass is 16.5. The molecule has 5 heteroatoms. The zero-order valence-electron chi connectivity index (χ0n) is 15.4. The smallest absolute Gasteiger partial charge is 0.345 e.